The first-order valence-corrected chi connectivity index (χ1v) is 8.96. The van der Waals surface area contributed by atoms with Gasteiger partial charge in [0.15, 0.2) is 0 Å². The van der Waals surface area contributed by atoms with Crippen LogP contribution in [0, 0.1) is 6.92 Å². The van der Waals surface area contributed by atoms with Gasteiger partial charge in [0.1, 0.15) is 0 Å². The van der Waals surface area contributed by atoms with Crippen molar-refractivity contribution >= 4 is 31.9 Å². The molecular weight excluding hydrogens is 390 g/mol. The molecule has 0 aliphatic carbocycles. The van der Waals surface area contributed by atoms with Crippen LogP contribution >= 0.6 is 31.9 Å². The maximum Gasteiger partial charge on any atom is 0.0320 e. The van der Waals surface area contributed by atoms with Gasteiger partial charge in [-0.1, -0.05) is 35.9 Å². The highest BCUT2D eigenvalue weighted by Gasteiger charge is 2.28. The van der Waals surface area contributed by atoms with E-state index in [0.717, 1.165) is 22.0 Å². The van der Waals surface area contributed by atoms with Crippen LogP contribution in [0.2, 0.25) is 0 Å². The molecule has 1 aliphatic rings. The van der Waals surface area contributed by atoms with Crippen LogP contribution in [0.25, 0.3) is 0 Å². The molecule has 2 unspecified atom stereocenters. The molecule has 2 aromatic carbocycles. The first-order chi connectivity index (χ1) is 10.1. The van der Waals surface area contributed by atoms with Crippen molar-refractivity contribution in [1.82, 2.24) is 5.32 Å². The fourth-order valence-electron chi connectivity index (χ4n) is 3.25. The minimum Gasteiger partial charge on any atom is -0.316 e. The zero-order valence-electron chi connectivity index (χ0n) is 12.1. The van der Waals surface area contributed by atoms with Crippen LogP contribution in [0.4, 0.5) is 0 Å². The van der Waals surface area contributed by atoms with Crippen LogP contribution in [0.3, 0.4) is 0 Å². The summed E-state index contributed by atoms with van der Waals surface area (Å²) in [7, 11) is 0. The number of hydrogen-bond donors (Lipinski definition) is 1. The third-order valence-electron chi connectivity index (χ3n) is 4.32. The highest BCUT2D eigenvalue weighted by Crippen LogP contribution is 2.39. The van der Waals surface area contributed by atoms with E-state index >= 15 is 0 Å². The lowest BCUT2D eigenvalue weighted by atomic mass is 9.77. The summed E-state index contributed by atoms with van der Waals surface area (Å²) >= 11 is 7.20. The van der Waals surface area contributed by atoms with E-state index in [4.69, 9.17) is 0 Å². The summed E-state index contributed by atoms with van der Waals surface area (Å²) in [6, 6.07) is 15.6. The van der Waals surface area contributed by atoms with Gasteiger partial charge in [0, 0.05) is 21.4 Å². The van der Waals surface area contributed by atoms with Crippen molar-refractivity contribution in [2.45, 2.75) is 25.2 Å². The molecule has 1 N–H and O–H groups in total. The van der Waals surface area contributed by atoms with E-state index in [2.05, 4.69) is 86.6 Å². The maximum atomic E-state index is 3.64. The molecule has 0 aromatic heterocycles. The van der Waals surface area contributed by atoms with Gasteiger partial charge in [-0.25, -0.2) is 0 Å². The molecule has 110 valence electrons. The van der Waals surface area contributed by atoms with Crippen LogP contribution in [0.15, 0.2) is 51.4 Å². The molecule has 1 heterocycles. The molecule has 1 aliphatic heterocycles. The normalized spacial score (nSPS) is 22.2. The summed E-state index contributed by atoms with van der Waals surface area (Å²) in [5.74, 6) is 1.13. The zero-order chi connectivity index (χ0) is 14.8. The molecule has 1 saturated heterocycles. The Balaban J connectivity index is 1.96. The third-order valence-corrected chi connectivity index (χ3v) is 6.20. The fourth-order valence-corrected chi connectivity index (χ4v) is 3.89. The number of piperidine rings is 1. The Morgan fingerprint density at radius 2 is 1.76 bits per heavy atom. The summed E-state index contributed by atoms with van der Waals surface area (Å²) in [6.45, 7) is 4.33. The first-order valence-electron chi connectivity index (χ1n) is 7.37. The monoisotopic (exact) mass is 407 g/mol. The molecule has 1 fully saturated rings. The standard InChI is InChI=1S/C18H19Br2N/c1-12-3-2-4-13(9-12)16-11-21-8-7-15(16)14-5-6-17(19)18(20)10-14/h2-6,9-10,15-16,21H,7-8,11H2,1H3. The summed E-state index contributed by atoms with van der Waals surface area (Å²) in [4.78, 5) is 0. The van der Waals surface area contributed by atoms with Gasteiger partial charge in [-0.05, 0) is 80.9 Å². The highest BCUT2D eigenvalue weighted by atomic mass is 79.9. The van der Waals surface area contributed by atoms with Crippen LogP contribution in [-0.2, 0) is 0 Å². The molecule has 2 aromatic rings. The van der Waals surface area contributed by atoms with E-state index in [9.17, 15) is 0 Å². The van der Waals surface area contributed by atoms with Crippen molar-refractivity contribution in [3.05, 3.63) is 68.1 Å². The fraction of sp³-hybridized carbons (Fsp3) is 0.333. The number of benzene rings is 2. The van der Waals surface area contributed by atoms with Crippen molar-refractivity contribution in [3.63, 3.8) is 0 Å². The Labute approximate surface area is 143 Å². The smallest absolute Gasteiger partial charge is 0.0320 e. The molecule has 0 spiro atoms. The Hall–Kier alpha value is -0.640. The quantitative estimate of drug-likeness (QED) is 0.703. The van der Waals surface area contributed by atoms with Crippen molar-refractivity contribution in [1.29, 1.82) is 0 Å². The van der Waals surface area contributed by atoms with Gasteiger partial charge in [0.25, 0.3) is 0 Å². The van der Waals surface area contributed by atoms with Crippen LogP contribution < -0.4 is 5.32 Å². The summed E-state index contributed by atoms with van der Waals surface area (Å²) in [5, 5.41) is 3.56. The van der Waals surface area contributed by atoms with E-state index in [-0.39, 0.29) is 0 Å². The number of aryl methyl sites for hydroxylation is 1. The maximum absolute atomic E-state index is 3.64. The summed E-state index contributed by atoms with van der Waals surface area (Å²) < 4.78 is 2.26. The molecule has 21 heavy (non-hydrogen) atoms. The Bertz CT molecular complexity index is 639. The lowest BCUT2D eigenvalue weighted by Gasteiger charge is -2.33. The third kappa shape index (κ3) is 3.41. The molecule has 3 heteroatoms. The summed E-state index contributed by atoms with van der Waals surface area (Å²) in [5.41, 5.74) is 4.22. The van der Waals surface area contributed by atoms with E-state index in [1.54, 1.807) is 0 Å². The van der Waals surface area contributed by atoms with E-state index in [1.807, 2.05) is 0 Å². The van der Waals surface area contributed by atoms with Gasteiger partial charge < -0.3 is 5.32 Å². The van der Waals surface area contributed by atoms with E-state index in [0.29, 0.717) is 11.8 Å². The number of hydrogen-bond acceptors (Lipinski definition) is 1. The SMILES string of the molecule is Cc1cccc(C2CNCCC2c2ccc(Br)c(Br)c2)c1. The minimum absolute atomic E-state index is 0.548. The van der Waals surface area contributed by atoms with Gasteiger partial charge in [0.2, 0.25) is 0 Å². The molecule has 0 radical (unpaired) electrons. The molecular formula is C18H19Br2N. The summed E-state index contributed by atoms with van der Waals surface area (Å²) in [6.07, 6.45) is 1.19. The van der Waals surface area contributed by atoms with E-state index < -0.39 is 0 Å². The Kier molecular flexibility index (Phi) is 4.82. The van der Waals surface area contributed by atoms with E-state index in [1.165, 1.54) is 23.1 Å². The highest BCUT2D eigenvalue weighted by molar-refractivity contribution is 9.13. The minimum atomic E-state index is 0.548. The topological polar surface area (TPSA) is 12.0 Å². The second-order valence-electron chi connectivity index (χ2n) is 5.79. The lowest BCUT2D eigenvalue weighted by molar-refractivity contribution is 0.404. The first kappa shape index (κ1) is 15.3. The second kappa shape index (κ2) is 6.64. The number of halogens is 2. The van der Waals surface area contributed by atoms with Gasteiger partial charge in [-0.15, -0.1) is 0 Å². The Morgan fingerprint density at radius 3 is 2.52 bits per heavy atom. The number of nitrogens with one attached hydrogen (secondary N) is 1. The van der Waals surface area contributed by atoms with Gasteiger partial charge in [0.05, 0.1) is 0 Å². The van der Waals surface area contributed by atoms with Crippen LogP contribution in [0.1, 0.15) is 34.9 Å². The van der Waals surface area contributed by atoms with Crippen molar-refractivity contribution < 1.29 is 0 Å². The van der Waals surface area contributed by atoms with Gasteiger partial charge in [-0.3, -0.25) is 0 Å². The average molecular weight is 409 g/mol. The van der Waals surface area contributed by atoms with Crippen molar-refractivity contribution in [2.24, 2.45) is 0 Å². The van der Waals surface area contributed by atoms with Crippen molar-refractivity contribution in [3.8, 4) is 0 Å². The average Bonchev–Trinajstić information content (AvgIpc) is 2.50. The predicted octanol–water partition coefficient (Wildman–Crippen LogP) is 5.38. The molecule has 0 saturated carbocycles. The second-order valence-corrected chi connectivity index (χ2v) is 7.50. The molecule has 2 atom stereocenters. The van der Waals surface area contributed by atoms with Crippen LogP contribution in [0.5, 0.6) is 0 Å². The zero-order valence-corrected chi connectivity index (χ0v) is 15.2. The Morgan fingerprint density at radius 1 is 0.952 bits per heavy atom. The van der Waals surface area contributed by atoms with Crippen LogP contribution in [-0.4, -0.2) is 13.1 Å². The predicted molar refractivity (Wildman–Crippen MR) is 96.0 cm³/mol. The lowest BCUT2D eigenvalue weighted by Crippen LogP contribution is -2.34. The molecule has 0 amide bonds. The van der Waals surface area contributed by atoms with Crippen molar-refractivity contribution in [2.75, 3.05) is 13.1 Å². The van der Waals surface area contributed by atoms with Gasteiger partial charge >= 0.3 is 0 Å². The van der Waals surface area contributed by atoms with Gasteiger partial charge in [-0.2, -0.15) is 0 Å². The largest absolute Gasteiger partial charge is 0.316 e. The molecule has 0 bridgehead atoms. The number of rotatable bonds is 2. The molecule has 1 nitrogen and oxygen atoms in total. The molecule has 3 rings (SSSR count).